The van der Waals surface area contributed by atoms with Crippen LogP contribution in [0.25, 0.3) is 22.4 Å². The Bertz CT molecular complexity index is 1240. The van der Waals surface area contributed by atoms with E-state index in [1.165, 1.54) is 17.4 Å². The van der Waals surface area contributed by atoms with Gasteiger partial charge in [0.1, 0.15) is 5.60 Å². The van der Waals surface area contributed by atoms with Crippen LogP contribution >= 0.6 is 11.3 Å². The van der Waals surface area contributed by atoms with Crippen LogP contribution in [0.15, 0.2) is 21.4 Å². The van der Waals surface area contributed by atoms with Gasteiger partial charge in [0, 0.05) is 29.6 Å². The fraction of sp³-hybridized carbons (Fsp3) is 0.500. The minimum atomic E-state index is -4.99. The first-order chi connectivity index (χ1) is 16.4. The van der Waals surface area contributed by atoms with Crippen molar-refractivity contribution in [3.8, 4) is 17.0 Å². The normalized spacial score (nSPS) is 20.2. The van der Waals surface area contributed by atoms with Crippen molar-refractivity contribution in [3.05, 3.63) is 22.5 Å². The molecule has 2 aromatic heterocycles. The fourth-order valence-electron chi connectivity index (χ4n) is 4.50. The van der Waals surface area contributed by atoms with Gasteiger partial charge in [0.15, 0.2) is 16.8 Å². The highest BCUT2D eigenvalue weighted by Crippen LogP contribution is 2.43. The maximum Gasteiger partial charge on any atom is 0.573 e. The van der Waals surface area contributed by atoms with Gasteiger partial charge in [0.2, 0.25) is 0 Å². The topological polar surface area (TPSA) is 101 Å². The lowest BCUT2D eigenvalue weighted by molar-refractivity contribution is -0.274. The van der Waals surface area contributed by atoms with Gasteiger partial charge in [0.05, 0.1) is 29.9 Å². The number of aromatic nitrogens is 2. The van der Waals surface area contributed by atoms with Crippen LogP contribution in [-0.2, 0) is 11.3 Å². The second kappa shape index (κ2) is 8.26. The predicted octanol–water partition coefficient (Wildman–Crippen LogP) is 4.54. The minimum Gasteiger partial charge on any atom is -0.444 e. The maximum atomic E-state index is 13.2. The number of halogens is 3. The third-order valence-corrected chi connectivity index (χ3v) is 6.44. The number of rotatable bonds is 4. The number of fused-ring (bicyclic) bond motifs is 3. The molecule has 3 aliphatic heterocycles. The van der Waals surface area contributed by atoms with Gasteiger partial charge in [-0.2, -0.15) is 4.98 Å². The van der Waals surface area contributed by atoms with E-state index in [-0.39, 0.29) is 34.8 Å². The average molecular weight is 513 g/mol. The van der Waals surface area contributed by atoms with Gasteiger partial charge in [-0.25, -0.2) is 9.78 Å². The molecular formula is C22H23F3N4O5S. The molecule has 2 unspecified atom stereocenters. The molecule has 0 radical (unpaired) electrons. The fourth-order valence-corrected chi connectivity index (χ4v) is 5.05. The van der Waals surface area contributed by atoms with Gasteiger partial charge in [-0.1, -0.05) is 0 Å². The number of anilines is 1. The summed E-state index contributed by atoms with van der Waals surface area (Å²) < 4.78 is 55.3. The number of carbonyl (C=O) groups is 1. The van der Waals surface area contributed by atoms with Crippen molar-refractivity contribution in [1.82, 2.24) is 14.9 Å². The van der Waals surface area contributed by atoms with E-state index in [1.54, 1.807) is 41.5 Å². The zero-order valence-electron chi connectivity index (χ0n) is 19.1. The molecule has 2 bridgehead atoms. The number of aliphatic hydroxyl groups is 1. The van der Waals surface area contributed by atoms with Crippen LogP contribution in [0, 0.1) is 0 Å². The van der Waals surface area contributed by atoms with Crippen LogP contribution in [-0.4, -0.2) is 63.2 Å². The first-order valence-electron chi connectivity index (χ1n) is 10.9. The number of aliphatic hydroxyl groups excluding tert-OH is 1. The molecular weight excluding hydrogens is 489 g/mol. The van der Waals surface area contributed by atoms with E-state index in [4.69, 9.17) is 9.15 Å². The largest absolute Gasteiger partial charge is 0.573 e. The van der Waals surface area contributed by atoms with Gasteiger partial charge in [-0.05, 0) is 33.3 Å². The number of oxazole rings is 1. The van der Waals surface area contributed by atoms with Crippen LogP contribution in [0.4, 0.5) is 24.0 Å². The van der Waals surface area contributed by atoms with Crippen LogP contribution in [0.2, 0.25) is 0 Å². The van der Waals surface area contributed by atoms with E-state index in [9.17, 15) is 23.1 Å². The summed E-state index contributed by atoms with van der Waals surface area (Å²) >= 11 is 1.31. The number of hydrogen-bond donors (Lipinski definition) is 1. The lowest BCUT2D eigenvalue weighted by atomic mass is 9.88. The van der Waals surface area contributed by atoms with Crippen LogP contribution in [0.5, 0.6) is 5.75 Å². The van der Waals surface area contributed by atoms with Crippen molar-refractivity contribution in [2.45, 2.75) is 57.8 Å². The van der Waals surface area contributed by atoms with Gasteiger partial charge in [-0.15, -0.1) is 24.5 Å². The molecule has 2 atom stereocenters. The highest BCUT2D eigenvalue weighted by molar-refractivity contribution is 7.07. The number of alkyl halides is 3. The Kier molecular flexibility index (Phi) is 5.59. The lowest BCUT2D eigenvalue weighted by Gasteiger charge is -2.55. The molecule has 9 nitrogen and oxygen atoms in total. The molecule has 6 rings (SSSR count). The van der Waals surface area contributed by atoms with Crippen molar-refractivity contribution in [2.75, 3.05) is 18.0 Å². The van der Waals surface area contributed by atoms with Crippen LogP contribution in [0.1, 0.15) is 32.8 Å². The molecule has 0 spiro atoms. The molecule has 1 aromatic carbocycles. The SMILES string of the molecule is CC(C)(C)OC(=O)N1C2CC1CN(c1nc3c(OC(F)(F)F)c(CO)cc(-c4cscn4)c3o1)C2. The molecule has 1 N–H and O–H groups in total. The number of piperazine rings is 1. The Morgan fingerprint density at radius 3 is 2.57 bits per heavy atom. The standard InChI is InChI=1S/C22H23F3N4O5S/c1-21(2,3)34-20(31)29-12-5-13(29)7-28(6-12)19-27-16-17(33-22(23,24)25)11(8-30)4-14(18(16)32-19)15-9-35-10-26-15/h4,9-10,12-13,30H,5-8H2,1-3H3. The molecule has 3 aliphatic rings. The zero-order chi connectivity index (χ0) is 25.1. The van der Waals surface area contributed by atoms with Gasteiger partial charge < -0.3 is 23.9 Å². The molecule has 5 heterocycles. The van der Waals surface area contributed by atoms with Gasteiger partial charge in [0.25, 0.3) is 6.01 Å². The maximum absolute atomic E-state index is 13.2. The molecule has 35 heavy (non-hydrogen) atoms. The third-order valence-electron chi connectivity index (χ3n) is 5.85. The Morgan fingerprint density at radius 2 is 2.00 bits per heavy atom. The number of carbonyl (C=O) groups excluding carboxylic acids is 1. The summed E-state index contributed by atoms with van der Waals surface area (Å²) in [6.07, 6.45) is -4.59. The summed E-state index contributed by atoms with van der Waals surface area (Å²) in [4.78, 5) is 24.6. The van der Waals surface area contributed by atoms with Crippen molar-refractivity contribution < 1.29 is 37.0 Å². The summed E-state index contributed by atoms with van der Waals surface area (Å²) in [5, 5.41) is 11.5. The highest BCUT2D eigenvalue weighted by atomic mass is 32.1. The smallest absolute Gasteiger partial charge is 0.444 e. The third kappa shape index (κ3) is 4.49. The predicted molar refractivity (Wildman–Crippen MR) is 120 cm³/mol. The number of nitrogens with zero attached hydrogens (tertiary/aromatic N) is 4. The number of amides is 1. The molecule has 3 aromatic rings. The van der Waals surface area contributed by atoms with Crippen LogP contribution in [0.3, 0.4) is 0 Å². The van der Waals surface area contributed by atoms with Crippen molar-refractivity contribution >= 4 is 34.5 Å². The average Bonchev–Trinajstić information content (AvgIpc) is 3.42. The van der Waals surface area contributed by atoms with E-state index in [1.807, 2.05) is 0 Å². The number of piperidine rings is 1. The Hall–Kier alpha value is -3.06. The second-order valence-electron chi connectivity index (χ2n) is 9.50. The summed E-state index contributed by atoms with van der Waals surface area (Å²) in [7, 11) is 0. The van der Waals surface area contributed by atoms with Crippen molar-refractivity contribution in [2.24, 2.45) is 0 Å². The second-order valence-corrected chi connectivity index (χ2v) is 10.2. The molecule has 188 valence electrons. The van der Waals surface area contributed by atoms with E-state index in [0.29, 0.717) is 24.3 Å². The Balaban J connectivity index is 1.50. The Labute approximate surface area is 202 Å². The first-order valence-corrected chi connectivity index (χ1v) is 11.9. The quantitative estimate of drug-likeness (QED) is 0.544. The molecule has 13 heteroatoms. The summed E-state index contributed by atoms with van der Waals surface area (Å²) in [6.45, 7) is 5.47. The monoisotopic (exact) mass is 512 g/mol. The Morgan fingerprint density at radius 1 is 1.29 bits per heavy atom. The molecule has 0 saturated carbocycles. The zero-order valence-corrected chi connectivity index (χ0v) is 19.9. The van der Waals surface area contributed by atoms with E-state index >= 15 is 0 Å². The number of thiazole rings is 1. The highest BCUT2D eigenvalue weighted by Gasteiger charge is 2.50. The van der Waals surface area contributed by atoms with Crippen LogP contribution < -0.4 is 9.64 Å². The molecule has 0 aliphatic carbocycles. The number of benzene rings is 1. The first kappa shape index (κ1) is 23.7. The van der Waals surface area contributed by atoms with Gasteiger partial charge >= 0.3 is 12.5 Å². The van der Waals surface area contributed by atoms with E-state index < -0.39 is 30.4 Å². The summed E-state index contributed by atoms with van der Waals surface area (Å²) in [5.74, 6) is -0.610. The van der Waals surface area contributed by atoms with Crippen molar-refractivity contribution in [1.29, 1.82) is 0 Å². The van der Waals surface area contributed by atoms with Gasteiger partial charge in [-0.3, -0.25) is 4.90 Å². The molecule has 3 fully saturated rings. The number of hydrogen-bond acceptors (Lipinski definition) is 9. The number of ether oxygens (including phenoxy) is 2. The lowest BCUT2D eigenvalue weighted by Crippen LogP contribution is -2.70. The summed E-state index contributed by atoms with van der Waals surface area (Å²) in [5.41, 5.74) is 1.67. The van der Waals surface area contributed by atoms with E-state index in [0.717, 1.165) is 6.42 Å². The van der Waals surface area contributed by atoms with E-state index in [2.05, 4.69) is 14.7 Å². The molecule has 1 amide bonds. The van der Waals surface area contributed by atoms with Crippen molar-refractivity contribution in [3.63, 3.8) is 0 Å². The summed E-state index contributed by atoms with van der Waals surface area (Å²) in [6, 6.07) is 1.22. The minimum absolute atomic E-state index is 0.0746. The molecule has 3 saturated heterocycles.